The van der Waals surface area contributed by atoms with Crippen molar-refractivity contribution in [1.29, 1.82) is 0 Å². The first-order valence-electron chi connectivity index (χ1n) is 10.3. The van der Waals surface area contributed by atoms with Gasteiger partial charge in [-0.05, 0) is 6.42 Å². The number of hydrogen-bond acceptors (Lipinski definition) is 6. The molecule has 0 unspecified atom stereocenters. The maximum Gasteiger partial charge on any atom is 0.335 e. The highest BCUT2D eigenvalue weighted by molar-refractivity contribution is 5.83. The molecular formula is C20H38O7. The molecular weight excluding hydrogens is 352 g/mol. The van der Waals surface area contributed by atoms with E-state index in [0.717, 1.165) is 19.3 Å². The van der Waals surface area contributed by atoms with Crippen molar-refractivity contribution in [3.05, 3.63) is 0 Å². The molecule has 0 saturated heterocycles. The second-order valence-corrected chi connectivity index (χ2v) is 7.31. The third kappa shape index (κ3) is 12.1. The molecule has 5 N–H and O–H groups in total. The Bertz CT molecular complexity index is 400. The number of carbonyl (C=O) groups excluding carboxylic acids is 1. The highest BCUT2D eigenvalue weighted by Gasteiger charge is 2.36. The molecule has 0 amide bonds. The molecule has 160 valence electrons. The average Bonchev–Trinajstić information content (AvgIpc) is 2.66. The van der Waals surface area contributed by atoms with E-state index in [0.29, 0.717) is 6.42 Å². The molecule has 0 heterocycles. The fourth-order valence-electron chi connectivity index (χ4n) is 3.00. The fraction of sp³-hybridized carbons (Fsp3) is 0.900. The minimum atomic E-state index is -2.26. The van der Waals surface area contributed by atoms with Gasteiger partial charge in [-0.1, -0.05) is 77.6 Å². The summed E-state index contributed by atoms with van der Waals surface area (Å²) in [6.45, 7) is 2.21. The lowest BCUT2D eigenvalue weighted by Gasteiger charge is -2.23. The van der Waals surface area contributed by atoms with Gasteiger partial charge in [0.2, 0.25) is 0 Å². The van der Waals surface area contributed by atoms with Crippen LogP contribution in [0.5, 0.6) is 0 Å². The van der Waals surface area contributed by atoms with Crippen LogP contribution in [0.2, 0.25) is 0 Å². The van der Waals surface area contributed by atoms with Crippen LogP contribution >= 0.6 is 0 Å². The molecule has 27 heavy (non-hydrogen) atoms. The highest BCUT2D eigenvalue weighted by atomic mass is 16.4. The summed E-state index contributed by atoms with van der Waals surface area (Å²) in [5.74, 6) is -2.40. The van der Waals surface area contributed by atoms with Crippen molar-refractivity contribution in [2.75, 3.05) is 0 Å². The number of aliphatic hydroxyl groups is 4. The Morgan fingerprint density at radius 1 is 0.630 bits per heavy atom. The zero-order chi connectivity index (χ0) is 20.7. The summed E-state index contributed by atoms with van der Waals surface area (Å²) >= 11 is 0. The van der Waals surface area contributed by atoms with Gasteiger partial charge in [-0.15, -0.1) is 0 Å². The molecule has 7 nitrogen and oxygen atoms in total. The molecule has 0 aliphatic rings. The Morgan fingerprint density at radius 3 is 1.41 bits per heavy atom. The maximum absolute atomic E-state index is 11.8. The number of carboxylic acids is 1. The summed E-state index contributed by atoms with van der Waals surface area (Å²) in [6.07, 6.45) is 5.50. The monoisotopic (exact) mass is 390 g/mol. The average molecular weight is 391 g/mol. The lowest BCUT2D eigenvalue weighted by molar-refractivity contribution is -0.165. The molecule has 4 atom stereocenters. The normalized spacial score (nSPS) is 15.9. The Labute approximate surface area is 162 Å². The first-order valence-corrected chi connectivity index (χ1v) is 10.3. The Balaban J connectivity index is 3.71. The molecule has 0 aliphatic heterocycles. The number of rotatable bonds is 18. The largest absolute Gasteiger partial charge is 0.479 e. The van der Waals surface area contributed by atoms with Crippen LogP contribution in [-0.4, -0.2) is 61.7 Å². The summed E-state index contributed by atoms with van der Waals surface area (Å²) in [5, 5.41) is 46.5. The molecule has 0 fully saturated rings. The number of carbonyl (C=O) groups is 2. The third-order valence-electron chi connectivity index (χ3n) is 4.86. The standard InChI is InChI=1S/C20H38O7/c1-2-3-4-5-6-7-8-9-10-11-12-13-14-15(21)16(22)17(23)18(24)19(25)20(26)27/h16-19,22-25H,2-14H2,1H3,(H,26,27)/t16-,17+,18-,19-/m1/s1. The smallest absolute Gasteiger partial charge is 0.335 e. The van der Waals surface area contributed by atoms with Gasteiger partial charge < -0.3 is 25.5 Å². The number of ketones is 1. The molecule has 0 radical (unpaired) electrons. The zero-order valence-corrected chi connectivity index (χ0v) is 16.6. The number of aliphatic hydroxyl groups excluding tert-OH is 4. The number of Topliss-reactive ketones (excluding diaryl/α,β-unsaturated/α-hetero) is 1. The van der Waals surface area contributed by atoms with Gasteiger partial charge >= 0.3 is 5.97 Å². The van der Waals surface area contributed by atoms with Crippen LogP contribution in [-0.2, 0) is 9.59 Å². The summed E-state index contributed by atoms with van der Waals surface area (Å²) in [7, 11) is 0. The summed E-state index contributed by atoms with van der Waals surface area (Å²) in [5.41, 5.74) is 0. The van der Waals surface area contributed by atoms with E-state index >= 15 is 0 Å². The van der Waals surface area contributed by atoms with Crippen molar-refractivity contribution < 1.29 is 35.1 Å². The van der Waals surface area contributed by atoms with Gasteiger partial charge in [0.05, 0.1) is 0 Å². The molecule has 0 spiro atoms. The van der Waals surface area contributed by atoms with Crippen LogP contribution in [0, 0.1) is 0 Å². The van der Waals surface area contributed by atoms with Gasteiger partial charge in [-0.2, -0.15) is 0 Å². The summed E-state index contributed by atoms with van der Waals surface area (Å²) in [4.78, 5) is 22.4. The predicted molar refractivity (Wildman–Crippen MR) is 102 cm³/mol. The minimum Gasteiger partial charge on any atom is -0.479 e. The molecule has 0 aromatic rings. The van der Waals surface area contributed by atoms with Crippen LogP contribution in [0.1, 0.15) is 90.4 Å². The van der Waals surface area contributed by atoms with Gasteiger partial charge in [-0.3, -0.25) is 4.79 Å². The van der Waals surface area contributed by atoms with Crippen LogP contribution in [0.15, 0.2) is 0 Å². The number of hydrogen-bond donors (Lipinski definition) is 5. The molecule has 0 aromatic heterocycles. The van der Waals surface area contributed by atoms with Crippen molar-refractivity contribution in [2.45, 2.75) is 115 Å². The van der Waals surface area contributed by atoms with E-state index < -0.39 is 36.2 Å². The molecule has 0 saturated carbocycles. The molecule has 7 heteroatoms. The Hall–Kier alpha value is -1.02. The van der Waals surface area contributed by atoms with Crippen molar-refractivity contribution in [2.24, 2.45) is 0 Å². The first-order chi connectivity index (χ1) is 12.8. The van der Waals surface area contributed by atoms with Gasteiger partial charge in [-0.25, -0.2) is 4.79 Å². The Morgan fingerprint density at radius 2 is 1.00 bits per heavy atom. The predicted octanol–water partition coefficient (Wildman–Crippen LogP) is 2.17. The topological polar surface area (TPSA) is 135 Å². The van der Waals surface area contributed by atoms with Crippen LogP contribution in [0.25, 0.3) is 0 Å². The van der Waals surface area contributed by atoms with E-state index in [2.05, 4.69) is 6.92 Å². The molecule has 0 aliphatic carbocycles. The lowest BCUT2D eigenvalue weighted by Crippen LogP contribution is -2.50. The maximum atomic E-state index is 11.8. The van der Waals surface area contributed by atoms with Gasteiger partial charge in [0.25, 0.3) is 0 Å². The van der Waals surface area contributed by atoms with Crippen molar-refractivity contribution in [1.82, 2.24) is 0 Å². The van der Waals surface area contributed by atoms with Crippen molar-refractivity contribution in [3.8, 4) is 0 Å². The quantitative estimate of drug-likeness (QED) is 0.226. The van der Waals surface area contributed by atoms with Gasteiger partial charge in [0.1, 0.15) is 18.3 Å². The van der Waals surface area contributed by atoms with E-state index in [9.17, 15) is 24.9 Å². The molecule has 0 bridgehead atoms. The summed E-state index contributed by atoms with van der Waals surface area (Å²) < 4.78 is 0. The SMILES string of the molecule is CCCCCCCCCCCCCCC(=O)[C@@H](O)[C@H](O)[C@@H](O)[C@@H](O)C(=O)O. The second-order valence-electron chi connectivity index (χ2n) is 7.31. The lowest BCUT2D eigenvalue weighted by atomic mass is 9.97. The Kier molecular flexibility index (Phi) is 15.4. The number of unbranched alkanes of at least 4 members (excludes halogenated alkanes) is 11. The number of carboxylic acid groups (broad SMARTS) is 1. The van der Waals surface area contributed by atoms with Crippen LogP contribution < -0.4 is 0 Å². The van der Waals surface area contributed by atoms with Crippen LogP contribution in [0.3, 0.4) is 0 Å². The van der Waals surface area contributed by atoms with Gasteiger partial charge in [0.15, 0.2) is 11.9 Å². The summed E-state index contributed by atoms with van der Waals surface area (Å²) in [6, 6.07) is 0. The van der Waals surface area contributed by atoms with Gasteiger partial charge in [0, 0.05) is 6.42 Å². The first kappa shape index (κ1) is 26.0. The van der Waals surface area contributed by atoms with E-state index in [1.807, 2.05) is 0 Å². The van der Waals surface area contributed by atoms with E-state index in [1.54, 1.807) is 0 Å². The second kappa shape index (κ2) is 16.0. The number of aliphatic carboxylic acids is 1. The van der Waals surface area contributed by atoms with Crippen molar-refractivity contribution in [3.63, 3.8) is 0 Å². The molecule has 0 rings (SSSR count). The van der Waals surface area contributed by atoms with E-state index in [-0.39, 0.29) is 6.42 Å². The fourth-order valence-corrected chi connectivity index (χ4v) is 3.00. The highest BCUT2D eigenvalue weighted by Crippen LogP contribution is 2.14. The zero-order valence-electron chi connectivity index (χ0n) is 16.6. The molecule has 0 aromatic carbocycles. The minimum absolute atomic E-state index is 0.0472. The third-order valence-corrected chi connectivity index (χ3v) is 4.86. The van der Waals surface area contributed by atoms with E-state index in [1.165, 1.54) is 51.4 Å². The van der Waals surface area contributed by atoms with E-state index in [4.69, 9.17) is 10.2 Å². The van der Waals surface area contributed by atoms with Crippen LogP contribution in [0.4, 0.5) is 0 Å². The van der Waals surface area contributed by atoms with Crippen molar-refractivity contribution >= 4 is 11.8 Å².